The lowest BCUT2D eigenvalue weighted by Crippen LogP contribution is -2.24. The molecule has 2 aromatic carbocycles. The van der Waals surface area contributed by atoms with E-state index in [9.17, 15) is 19.7 Å². The Hall–Kier alpha value is -3.66. The third-order valence-corrected chi connectivity index (χ3v) is 3.51. The highest BCUT2D eigenvalue weighted by atomic mass is 16.6. The summed E-state index contributed by atoms with van der Waals surface area (Å²) in [5.74, 6) is 0.0351. The highest BCUT2D eigenvalue weighted by Crippen LogP contribution is 2.28. The summed E-state index contributed by atoms with van der Waals surface area (Å²) in [6, 6.07) is 10.2. The monoisotopic (exact) mass is 389 g/mol. The second-order valence-electron chi connectivity index (χ2n) is 5.46. The van der Waals surface area contributed by atoms with Crippen molar-refractivity contribution in [1.29, 1.82) is 0 Å². The van der Waals surface area contributed by atoms with Gasteiger partial charge in [-0.15, -0.1) is 0 Å². The van der Waals surface area contributed by atoms with Gasteiger partial charge in [-0.05, 0) is 24.3 Å². The first-order chi connectivity index (χ1) is 13.4. The van der Waals surface area contributed by atoms with E-state index in [0.29, 0.717) is 22.9 Å². The number of non-ortho nitro benzene ring substituents is 1. The molecule has 2 aromatic rings. The standard InChI is InChI=1S/C18H19N3O7/c1-26-14-7-8-15(16(9-14)27-2)20-18(23)11-28-10-17(22)19-12-3-5-13(6-4-12)21(24)25/h3-9H,10-11H2,1-2H3,(H,19,22)(H,20,23). The van der Waals surface area contributed by atoms with E-state index in [1.54, 1.807) is 18.2 Å². The van der Waals surface area contributed by atoms with Crippen LogP contribution in [0.3, 0.4) is 0 Å². The van der Waals surface area contributed by atoms with Crippen molar-refractivity contribution in [3.63, 3.8) is 0 Å². The zero-order chi connectivity index (χ0) is 20.5. The Bertz CT molecular complexity index is 853. The molecule has 10 nitrogen and oxygen atoms in total. The van der Waals surface area contributed by atoms with Gasteiger partial charge < -0.3 is 24.8 Å². The maximum atomic E-state index is 12.0. The number of hydrogen-bond donors (Lipinski definition) is 2. The normalized spacial score (nSPS) is 10.1. The zero-order valence-corrected chi connectivity index (χ0v) is 15.3. The Morgan fingerprint density at radius 3 is 2.18 bits per heavy atom. The SMILES string of the molecule is COc1ccc(NC(=O)COCC(=O)Nc2ccc([N+](=O)[O-])cc2)c(OC)c1. The van der Waals surface area contributed by atoms with Crippen LogP contribution in [-0.4, -0.2) is 44.2 Å². The summed E-state index contributed by atoms with van der Waals surface area (Å²) in [6.45, 7) is -0.701. The number of benzene rings is 2. The fourth-order valence-corrected chi connectivity index (χ4v) is 2.19. The Labute approximate surface area is 160 Å². The second-order valence-corrected chi connectivity index (χ2v) is 5.46. The van der Waals surface area contributed by atoms with E-state index >= 15 is 0 Å². The van der Waals surface area contributed by atoms with Crippen LogP contribution >= 0.6 is 0 Å². The number of nitrogens with zero attached hydrogens (tertiary/aromatic N) is 1. The van der Waals surface area contributed by atoms with Gasteiger partial charge >= 0.3 is 0 Å². The van der Waals surface area contributed by atoms with E-state index in [2.05, 4.69) is 10.6 Å². The molecule has 0 spiro atoms. The fourth-order valence-electron chi connectivity index (χ4n) is 2.19. The highest BCUT2D eigenvalue weighted by Gasteiger charge is 2.11. The van der Waals surface area contributed by atoms with Crippen LogP contribution in [0.15, 0.2) is 42.5 Å². The van der Waals surface area contributed by atoms with E-state index in [-0.39, 0.29) is 18.9 Å². The summed E-state index contributed by atoms with van der Waals surface area (Å²) in [5, 5.41) is 15.7. The van der Waals surface area contributed by atoms with Crippen molar-refractivity contribution in [3.8, 4) is 11.5 Å². The van der Waals surface area contributed by atoms with Crippen LogP contribution < -0.4 is 20.1 Å². The molecule has 0 radical (unpaired) electrons. The Morgan fingerprint density at radius 2 is 1.61 bits per heavy atom. The van der Waals surface area contributed by atoms with E-state index < -0.39 is 16.7 Å². The summed E-state index contributed by atoms with van der Waals surface area (Å²) in [5.41, 5.74) is 0.735. The number of carbonyl (C=O) groups excluding carboxylic acids is 2. The van der Waals surface area contributed by atoms with Crippen LogP contribution in [0.1, 0.15) is 0 Å². The first kappa shape index (κ1) is 20.6. The smallest absolute Gasteiger partial charge is 0.269 e. The van der Waals surface area contributed by atoms with Gasteiger partial charge in [-0.25, -0.2) is 0 Å². The van der Waals surface area contributed by atoms with Gasteiger partial charge in [-0.1, -0.05) is 0 Å². The van der Waals surface area contributed by atoms with Gasteiger partial charge in [0, 0.05) is 23.9 Å². The molecule has 0 saturated heterocycles. The van der Waals surface area contributed by atoms with Crippen LogP contribution in [0.4, 0.5) is 17.1 Å². The number of hydrogen-bond acceptors (Lipinski definition) is 7. The first-order valence-corrected chi connectivity index (χ1v) is 8.07. The number of carbonyl (C=O) groups is 2. The number of rotatable bonds is 9. The molecule has 0 aliphatic carbocycles. The molecule has 0 fully saturated rings. The summed E-state index contributed by atoms with van der Waals surface area (Å²) in [7, 11) is 2.98. The Kier molecular flexibility index (Phi) is 7.28. The third-order valence-electron chi connectivity index (χ3n) is 3.51. The minimum absolute atomic E-state index is 0.0834. The van der Waals surface area contributed by atoms with Gasteiger partial charge in [0.1, 0.15) is 24.7 Å². The minimum Gasteiger partial charge on any atom is -0.497 e. The van der Waals surface area contributed by atoms with Gasteiger partial charge in [-0.3, -0.25) is 19.7 Å². The van der Waals surface area contributed by atoms with Crippen LogP contribution in [0, 0.1) is 10.1 Å². The highest BCUT2D eigenvalue weighted by molar-refractivity contribution is 5.94. The van der Waals surface area contributed by atoms with Gasteiger partial charge in [0.2, 0.25) is 11.8 Å². The van der Waals surface area contributed by atoms with Crippen molar-refractivity contribution in [2.24, 2.45) is 0 Å². The molecule has 2 rings (SSSR count). The van der Waals surface area contributed by atoms with Gasteiger partial charge in [0.25, 0.3) is 5.69 Å². The first-order valence-electron chi connectivity index (χ1n) is 8.07. The van der Waals surface area contributed by atoms with Crippen LogP contribution in [0.5, 0.6) is 11.5 Å². The predicted molar refractivity (Wildman–Crippen MR) is 101 cm³/mol. The van der Waals surface area contributed by atoms with Gasteiger partial charge in [0.05, 0.1) is 24.8 Å². The molecule has 0 bridgehead atoms. The lowest BCUT2D eigenvalue weighted by molar-refractivity contribution is -0.384. The topological polar surface area (TPSA) is 129 Å². The lowest BCUT2D eigenvalue weighted by Gasteiger charge is -2.11. The molecule has 0 aliphatic rings. The maximum Gasteiger partial charge on any atom is 0.269 e. The number of amides is 2. The van der Waals surface area contributed by atoms with Gasteiger partial charge in [0.15, 0.2) is 0 Å². The predicted octanol–water partition coefficient (Wildman–Crippen LogP) is 2.21. The van der Waals surface area contributed by atoms with E-state index in [1.807, 2.05) is 0 Å². The summed E-state index contributed by atoms with van der Waals surface area (Å²) in [4.78, 5) is 33.8. The molecule has 2 amide bonds. The average Bonchev–Trinajstić information content (AvgIpc) is 2.68. The van der Waals surface area contributed by atoms with Crippen molar-refractivity contribution < 1.29 is 28.7 Å². The number of nitro benzene ring substituents is 1. The van der Waals surface area contributed by atoms with Crippen LogP contribution in [-0.2, 0) is 14.3 Å². The summed E-state index contributed by atoms with van der Waals surface area (Å²) >= 11 is 0. The van der Waals surface area contributed by atoms with Crippen molar-refractivity contribution in [1.82, 2.24) is 0 Å². The number of anilines is 2. The molecule has 0 aliphatic heterocycles. The number of nitro groups is 1. The molecule has 28 heavy (non-hydrogen) atoms. The molecule has 0 saturated carbocycles. The molecule has 148 valence electrons. The molecule has 0 atom stereocenters. The fraction of sp³-hybridized carbons (Fsp3) is 0.222. The second kappa shape index (κ2) is 9.88. The number of ether oxygens (including phenoxy) is 3. The minimum atomic E-state index is -0.537. The quantitative estimate of drug-likeness (QED) is 0.497. The van der Waals surface area contributed by atoms with Gasteiger partial charge in [-0.2, -0.15) is 0 Å². The summed E-state index contributed by atoms with van der Waals surface area (Å²) < 4.78 is 15.3. The molecular formula is C18H19N3O7. The van der Waals surface area contributed by atoms with Crippen molar-refractivity contribution in [3.05, 3.63) is 52.6 Å². The summed E-state index contributed by atoms with van der Waals surface area (Å²) in [6.07, 6.45) is 0. The molecule has 0 unspecified atom stereocenters. The van der Waals surface area contributed by atoms with Crippen molar-refractivity contribution in [2.75, 3.05) is 38.1 Å². The maximum absolute atomic E-state index is 12.0. The number of methoxy groups -OCH3 is 2. The average molecular weight is 389 g/mol. The molecular weight excluding hydrogens is 370 g/mol. The molecule has 0 aromatic heterocycles. The van der Waals surface area contributed by atoms with E-state index in [1.165, 1.54) is 38.5 Å². The van der Waals surface area contributed by atoms with E-state index in [4.69, 9.17) is 14.2 Å². The molecule has 2 N–H and O–H groups in total. The van der Waals surface area contributed by atoms with Crippen LogP contribution in [0.25, 0.3) is 0 Å². The van der Waals surface area contributed by atoms with Crippen LogP contribution in [0.2, 0.25) is 0 Å². The van der Waals surface area contributed by atoms with E-state index in [0.717, 1.165) is 0 Å². The largest absolute Gasteiger partial charge is 0.497 e. The lowest BCUT2D eigenvalue weighted by atomic mass is 10.2. The van der Waals surface area contributed by atoms with Crippen molar-refractivity contribution in [2.45, 2.75) is 0 Å². The Morgan fingerprint density at radius 1 is 0.964 bits per heavy atom. The third kappa shape index (κ3) is 5.95. The zero-order valence-electron chi connectivity index (χ0n) is 15.3. The van der Waals surface area contributed by atoms with Crippen molar-refractivity contribution >= 4 is 28.9 Å². The number of nitrogens with one attached hydrogen (secondary N) is 2. The Balaban J connectivity index is 1.78. The molecule has 10 heteroatoms. The molecule has 0 heterocycles.